The molecular weight excluding hydrogens is 250 g/mol. The summed E-state index contributed by atoms with van der Waals surface area (Å²) in [5.41, 5.74) is 8.98. The first-order chi connectivity index (χ1) is 9.61. The minimum absolute atomic E-state index is 0.316. The molecule has 0 aliphatic rings. The van der Waals surface area contributed by atoms with Crippen LogP contribution in [-0.4, -0.2) is 21.1 Å². The molecule has 0 fully saturated rings. The number of hydrogen-bond acceptors (Lipinski definition) is 4. The fourth-order valence-corrected chi connectivity index (χ4v) is 2.06. The summed E-state index contributed by atoms with van der Waals surface area (Å²) in [4.78, 5) is 8.64. The summed E-state index contributed by atoms with van der Waals surface area (Å²) >= 11 is 0. The van der Waals surface area contributed by atoms with Crippen LogP contribution in [0.3, 0.4) is 0 Å². The Morgan fingerprint density at radius 3 is 2.90 bits per heavy atom. The minimum Gasteiger partial charge on any atom is -0.368 e. The topological polar surface area (TPSA) is 68.8 Å². The van der Waals surface area contributed by atoms with Crippen molar-refractivity contribution < 1.29 is 0 Å². The first kappa shape index (κ1) is 14.4. The van der Waals surface area contributed by atoms with Crippen LogP contribution in [0.25, 0.3) is 11.0 Å². The molecular formula is C15H23N5. The van der Waals surface area contributed by atoms with Crippen LogP contribution in [0.2, 0.25) is 0 Å². The van der Waals surface area contributed by atoms with Crippen molar-refractivity contribution >= 4 is 22.8 Å². The molecule has 0 unspecified atom stereocenters. The zero-order valence-corrected chi connectivity index (χ0v) is 12.5. The van der Waals surface area contributed by atoms with Crippen LogP contribution in [-0.2, 0) is 6.54 Å². The molecule has 0 saturated carbocycles. The number of hydrogen-bond donors (Lipinski definition) is 2. The Hall–Kier alpha value is -2.04. The van der Waals surface area contributed by atoms with E-state index < -0.39 is 0 Å². The van der Waals surface area contributed by atoms with Gasteiger partial charge in [0.05, 0.1) is 5.52 Å². The standard InChI is InChI=1S/C15H23N5/c1-4-5-8-17-14-13-12(18-15(16)19-14)7-10-20(13)9-6-11(2)3/h6-7,10H,4-5,8-9H2,1-3H3,(H3,16,17,18,19). The molecule has 0 spiro atoms. The zero-order valence-electron chi connectivity index (χ0n) is 12.5. The van der Waals surface area contributed by atoms with Crippen molar-refractivity contribution in [2.45, 2.75) is 40.2 Å². The summed E-state index contributed by atoms with van der Waals surface area (Å²) in [5.74, 6) is 1.14. The number of nitrogens with zero attached hydrogens (tertiary/aromatic N) is 3. The van der Waals surface area contributed by atoms with E-state index in [1.807, 2.05) is 12.3 Å². The second-order valence-electron chi connectivity index (χ2n) is 5.19. The lowest BCUT2D eigenvalue weighted by Gasteiger charge is -2.10. The summed E-state index contributed by atoms with van der Waals surface area (Å²) in [6, 6.07) is 1.98. The zero-order chi connectivity index (χ0) is 14.5. The van der Waals surface area contributed by atoms with Crippen molar-refractivity contribution in [2.24, 2.45) is 0 Å². The maximum atomic E-state index is 5.78. The first-order valence-corrected chi connectivity index (χ1v) is 7.11. The van der Waals surface area contributed by atoms with Gasteiger partial charge in [-0.3, -0.25) is 0 Å². The van der Waals surface area contributed by atoms with E-state index in [1.165, 1.54) is 5.57 Å². The lowest BCUT2D eigenvalue weighted by Crippen LogP contribution is -2.08. The van der Waals surface area contributed by atoms with Gasteiger partial charge in [-0.2, -0.15) is 4.98 Å². The Bertz CT molecular complexity index is 608. The van der Waals surface area contributed by atoms with E-state index in [0.717, 1.165) is 42.8 Å². The van der Waals surface area contributed by atoms with Gasteiger partial charge in [0.25, 0.3) is 0 Å². The molecule has 2 rings (SSSR count). The van der Waals surface area contributed by atoms with Crippen LogP contribution in [0.1, 0.15) is 33.6 Å². The monoisotopic (exact) mass is 273 g/mol. The fourth-order valence-electron chi connectivity index (χ4n) is 2.06. The Morgan fingerprint density at radius 2 is 2.20 bits per heavy atom. The fraction of sp³-hybridized carbons (Fsp3) is 0.467. The third kappa shape index (κ3) is 3.29. The van der Waals surface area contributed by atoms with Gasteiger partial charge in [-0.25, -0.2) is 4.98 Å². The second kappa shape index (κ2) is 6.41. The molecule has 5 heteroatoms. The van der Waals surface area contributed by atoms with Gasteiger partial charge >= 0.3 is 0 Å². The molecule has 0 aliphatic heterocycles. The molecule has 20 heavy (non-hydrogen) atoms. The van der Waals surface area contributed by atoms with E-state index in [-0.39, 0.29) is 0 Å². The summed E-state index contributed by atoms with van der Waals surface area (Å²) in [5, 5.41) is 3.37. The van der Waals surface area contributed by atoms with Gasteiger partial charge in [0.15, 0.2) is 5.82 Å². The number of allylic oxidation sites excluding steroid dienone is 2. The van der Waals surface area contributed by atoms with E-state index in [9.17, 15) is 0 Å². The molecule has 3 N–H and O–H groups in total. The number of nitrogens with two attached hydrogens (primary N) is 1. The van der Waals surface area contributed by atoms with Crippen molar-refractivity contribution in [3.8, 4) is 0 Å². The SMILES string of the molecule is CCCCNc1nc(N)nc2ccn(CC=C(C)C)c12. The number of nitrogen functional groups attached to an aromatic ring is 1. The number of anilines is 2. The van der Waals surface area contributed by atoms with Gasteiger partial charge in [0.1, 0.15) is 5.52 Å². The van der Waals surface area contributed by atoms with Crippen LogP contribution in [0, 0.1) is 0 Å². The van der Waals surface area contributed by atoms with Crippen LogP contribution >= 0.6 is 0 Å². The third-order valence-corrected chi connectivity index (χ3v) is 3.15. The summed E-state index contributed by atoms with van der Waals surface area (Å²) in [6.45, 7) is 8.09. The summed E-state index contributed by atoms with van der Waals surface area (Å²) < 4.78 is 2.15. The van der Waals surface area contributed by atoms with Crippen LogP contribution in [0.15, 0.2) is 23.9 Å². The number of fused-ring (bicyclic) bond motifs is 1. The molecule has 0 aliphatic carbocycles. The smallest absolute Gasteiger partial charge is 0.222 e. The molecule has 0 saturated heterocycles. The predicted octanol–water partition coefficient (Wildman–Crippen LogP) is 3.19. The van der Waals surface area contributed by atoms with E-state index in [4.69, 9.17) is 5.73 Å². The summed E-state index contributed by atoms with van der Waals surface area (Å²) in [6.07, 6.45) is 6.48. The molecule has 0 bridgehead atoms. The number of rotatable bonds is 6. The predicted molar refractivity (Wildman–Crippen MR) is 84.8 cm³/mol. The Kier molecular flexibility index (Phi) is 4.61. The van der Waals surface area contributed by atoms with Gasteiger partial charge in [0, 0.05) is 19.3 Å². The first-order valence-electron chi connectivity index (χ1n) is 7.11. The van der Waals surface area contributed by atoms with E-state index in [1.54, 1.807) is 0 Å². The molecule has 2 heterocycles. The highest BCUT2D eigenvalue weighted by atomic mass is 15.1. The molecule has 2 aromatic heterocycles. The van der Waals surface area contributed by atoms with Crippen LogP contribution < -0.4 is 11.1 Å². The molecule has 5 nitrogen and oxygen atoms in total. The summed E-state index contributed by atoms with van der Waals surface area (Å²) in [7, 11) is 0. The maximum Gasteiger partial charge on any atom is 0.222 e. The number of unbranched alkanes of at least 4 members (excludes halogenated alkanes) is 1. The van der Waals surface area contributed by atoms with Crippen molar-refractivity contribution in [1.82, 2.24) is 14.5 Å². The Morgan fingerprint density at radius 1 is 1.40 bits per heavy atom. The molecule has 0 aromatic carbocycles. The highest BCUT2D eigenvalue weighted by molar-refractivity contribution is 5.87. The highest BCUT2D eigenvalue weighted by Gasteiger charge is 2.10. The van der Waals surface area contributed by atoms with E-state index in [0.29, 0.717) is 5.95 Å². The molecule has 0 amide bonds. The van der Waals surface area contributed by atoms with E-state index in [2.05, 4.69) is 46.7 Å². The second-order valence-corrected chi connectivity index (χ2v) is 5.19. The van der Waals surface area contributed by atoms with Gasteiger partial charge in [-0.1, -0.05) is 25.0 Å². The minimum atomic E-state index is 0.316. The van der Waals surface area contributed by atoms with Crippen molar-refractivity contribution in [3.05, 3.63) is 23.9 Å². The van der Waals surface area contributed by atoms with Gasteiger partial charge in [0.2, 0.25) is 5.95 Å². The van der Waals surface area contributed by atoms with E-state index >= 15 is 0 Å². The van der Waals surface area contributed by atoms with Gasteiger partial charge < -0.3 is 15.6 Å². The molecule has 108 valence electrons. The largest absolute Gasteiger partial charge is 0.368 e. The normalized spacial score (nSPS) is 10.8. The Labute approximate surface area is 119 Å². The average molecular weight is 273 g/mol. The molecule has 2 aromatic rings. The highest BCUT2D eigenvalue weighted by Crippen LogP contribution is 2.22. The lowest BCUT2D eigenvalue weighted by molar-refractivity contribution is 0.825. The van der Waals surface area contributed by atoms with Crippen molar-refractivity contribution in [1.29, 1.82) is 0 Å². The van der Waals surface area contributed by atoms with Gasteiger partial charge in [-0.05, 0) is 26.3 Å². The maximum absolute atomic E-state index is 5.78. The van der Waals surface area contributed by atoms with Crippen LogP contribution in [0.5, 0.6) is 0 Å². The van der Waals surface area contributed by atoms with Crippen LogP contribution in [0.4, 0.5) is 11.8 Å². The average Bonchev–Trinajstić information content (AvgIpc) is 2.79. The lowest BCUT2D eigenvalue weighted by atomic mass is 10.3. The third-order valence-electron chi connectivity index (χ3n) is 3.15. The van der Waals surface area contributed by atoms with Gasteiger partial charge in [-0.15, -0.1) is 0 Å². The number of nitrogens with one attached hydrogen (secondary N) is 1. The quantitative estimate of drug-likeness (QED) is 0.626. The van der Waals surface area contributed by atoms with Crippen molar-refractivity contribution in [2.75, 3.05) is 17.6 Å². The Balaban J connectivity index is 2.37. The van der Waals surface area contributed by atoms with Crippen molar-refractivity contribution in [3.63, 3.8) is 0 Å². The molecule has 0 radical (unpaired) electrons. The number of aromatic nitrogens is 3. The molecule has 0 atom stereocenters.